The smallest absolute Gasteiger partial charge is 0.319 e. The summed E-state index contributed by atoms with van der Waals surface area (Å²) in [6.07, 6.45) is 1.64. The average molecular weight is 422 g/mol. The van der Waals surface area contributed by atoms with Gasteiger partial charge in [0.15, 0.2) is 0 Å². The fourth-order valence-electron chi connectivity index (χ4n) is 3.08. The van der Waals surface area contributed by atoms with Crippen molar-refractivity contribution in [1.82, 2.24) is 10.2 Å². The zero-order chi connectivity index (χ0) is 19.8. The first kappa shape index (κ1) is 20.9. The van der Waals surface area contributed by atoms with Gasteiger partial charge in [0.1, 0.15) is 0 Å². The largest absolute Gasteiger partial charge is 0.379 e. The van der Waals surface area contributed by atoms with Crippen molar-refractivity contribution >= 4 is 34.9 Å². The van der Waals surface area contributed by atoms with Crippen LogP contribution in [0.1, 0.15) is 11.1 Å². The van der Waals surface area contributed by atoms with Gasteiger partial charge < -0.3 is 15.4 Å². The monoisotopic (exact) mass is 421 g/mol. The average Bonchev–Trinajstić information content (AvgIpc) is 2.70. The molecule has 2 amide bonds. The Hall–Kier alpha value is -1.79. The minimum absolute atomic E-state index is 0.230. The molecule has 0 atom stereocenters. The van der Waals surface area contributed by atoms with E-state index in [4.69, 9.17) is 27.9 Å². The van der Waals surface area contributed by atoms with Crippen molar-refractivity contribution in [2.75, 3.05) is 44.7 Å². The molecule has 2 N–H and O–H groups in total. The van der Waals surface area contributed by atoms with E-state index in [-0.39, 0.29) is 6.03 Å². The standard InChI is InChI=1S/C21H25Cl2N3O2/c22-18-4-3-17(20(23)15-18)7-9-24-21(27)25-19-5-1-16(2-6-19)8-10-26-11-13-28-14-12-26/h1-6,15H,7-14H2,(H2,24,25,27). The second-order valence-electron chi connectivity index (χ2n) is 6.77. The lowest BCUT2D eigenvalue weighted by atomic mass is 10.1. The molecular weight excluding hydrogens is 397 g/mol. The number of carbonyl (C=O) groups is 1. The second-order valence-corrected chi connectivity index (χ2v) is 7.61. The summed E-state index contributed by atoms with van der Waals surface area (Å²) in [4.78, 5) is 14.5. The highest BCUT2D eigenvalue weighted by Crippen LogP contribution is 2.21. The molecule has 0 saturated carbocycles. The van der Waals surface area contributed by atoms with E-state index < -0.39 is 0 Å². The van der Waals surface area contributed by atoms with Crippen LogP contribution in [0.15, 0.2) is 42.5 Å². The summed E-state index contributed by atoms with van der Waals surface area (Å²) in [6, 6.07) is 13.1. The summed E-state index contributed by atoms with van der Waals surface area (Å²) >= 11 is 12.0. The first-order chi connectivity index (χ1) is 13.6. The molecule has 2 aromatic carbocycles. The van der Waals surface area contributed by atoms with Gasteiger partial charge >= 0.3 is 6.03 Å². The van der Waals surface area contributed by atoms with Crippen LogP contribution in [0.3, 0.4) is 0 Å². The van der Waals surface area contributed by atoms with Gasteiger partial charge in [-0.2, -0.15) is 0 Å². The van der Waals surface area contributed by atoms with Gasteiger partial charge in [0.2, 0.25) is 0 Å². The number of hydrogen-bond acceptors (Lipinski definition) is 3. The van der Waals surface area contributed by atoms with E-state index in [1.807, 2.05) is 18.2 Å². The third kappa shape index (κ3) is 6.67. The Morgan fingerprint density at radius 2 is 1.79 bits per heavy atom. The van der Waals surface area contributed by atoms with Crippen LogP contribution in [0, 0.1) is 0 Å². The van der Waals surface area contributed by atoms with Crippen LogP contribution in [-0.2, 0) is 17.6 Å². The molecule has 0 unspecified atom stereocenters. The Balaban J connectivity index is 1.38. The molecule has 28 heavy (non-hydrogen) atoms. The van der Waals surface area contributed by atoms with Crippen molar-refractivity contribution < 1.29 is 9.53 Å². The SMILES string of the molecule is O=C(NCCc1ccc(Cl)cc1Cl)Nc1ccc(CCN2CCOCC2)cc1. The Morgan fingerprint density at radius 3 is 2.50 bits per heavy atom. The number of ether oxygens (including phenoxy) is 1. The van der Waals surface area contributed by atoms with Crippen molar-refractivity contribution in [3.05, 3.63) is 63.6 Å². The molecule has 1 fully saturated rings. The van der Waals surface area contributed by atoms with E-state index in [2.05, 4.69) is 27.7 Å². The fraction of sp³-hybridized carbons (Fsp3) is 0.381. The zero-order valence-electron chi connectivity index (χ0n) is 15.7. The zero-order valence-corrected chi connectivity index (χ0v) is 17.2. The van der Waals surface area contributed by atoms with Crippen LogP contribution < -0.4 is 10.6 Å². The fourth-order valence-corrected chi connectivity index (χ4v) is 3.58. The number of halogens is 2. The molecule has 3 rings (SSSR count). The summed E-state index contributed by atoms with van der Waals surface area (Å²) in [7, 11) is 0. The molecule has 0 radical (unpaired) electrons. The third-order valence-electron chi connectivity index (χ3n) is 4.73. The number of amides is 2. The van der Waals surface area contributed by atoms with Gasteiger partial charge in [0.05, 0.1) is 13.2 Å². The number of nitrogens with zero attached hydrogens (tertiary/aromatic N) is 1. The quantitative estimate of drug-likeness (QED) is 0.702. The summed E-state index contributed by atoms with van der Waals surface area (Å²) < 4.78 is 5.37. The Bertz CT molecular complexity index is 778. The van der Waals surface area contributed by atoms with Gasteiger partial charge in [0.25, 0.3) is 0 Å². The summed E-state index contributed by atoms with van der Waals surface area (Å²) in [5.41, 5.74) is 2.99. The van der Waals surface area contributed by atoms with E-state index in [9.17, 15) is 4.79 Å². The number of nitrogens with one attached hydrogen (secondary N) is 2. The van der Waals surface area contributed by atoms with Crippen LogP contribution in [0.2, 0.25) is 10.0 Å². The van der Waals surface area contributed by atoms with Crippen molar-refractivity contribution in [1.29, 1.82) is 0 Å². The maximum absolute atomic E-state index is 12.1. The molecule has 2 aromatic rings. The van der Waals surface area contributed by atoms with Crippen LogP contribution in [0.25, 0.3) is 0 Å². The van der Waals surface area contributed by atoms with Gasteiger partial charge in [-0.25, -0.2) is 4.79 Å². The Morgan fingerprint density at radius 1 is 1.04 bits per heavy atom. The van der Waals surface area contributed by atoms with E-state index >= 15 is 0 Å². The molecule has 1 aliphatic heterocycles. The molecule has 5 nitrogen and oxygen atoms in total. The molecule has 1 aliphatic rings. The molecule has 0 spiro atoms. The first-order valence-corrected chi connectivity index (χ1v) is 10.2. The molecule has 0 aliphatic carbocycles. The van der Waals surface area contributed by atoms with Crippen LogP contribution in [-0.4, -0.2) is 50.3 Å². The van der Waals surface area contributed by atoms with Gasteiger partial charge in [0, 0.05) is 41.9 Å². The number of hydrogen-bond donors (Lipinski definition) is 2. The molecule has 7 heteroatoms. The second kappa shape index (κ2) is 10.7. The minimum Gasteiger partial charge on any atom is -0.379 e. The van der Waals surface area contributed by atoms with E-state index in [1.165, 1.54) is 5.56 Å². The number of benzene rings is 2. The number of rotatable bonds is 7. The summed E-state index contributed by atoms with van der Waals surface area (Å²) in [5, 5.41) is 6.92. The van der Waals surface area contributed by atoms with E-state index in [0.29, 0.717) is 23.0 Å². The maximum Gasteiger partial charge on any atom is 0.319 e. The third-order valence-corrected chi connectivity index (χ3v) is 5.31. The van der Waals surface area contributed by atoms with Gasteiger partial charge in [-0.15, -0.1) is 0 Å². The highest BCUT2D eigenvalue weighted by molar-refractivity contribution is 6.35. The maximum atomic E-state index is 12.1. The van der Waals surface area contributed by atoms with Gasteiger partial charge in [-0.3, -0.25) is 4.90 Å². The van der Waals surface area contributed by atoms with Crippen LogP contribution in [0.4, 0.5) is 10.5 Å². The Kier molecular flexibility index (Phi) is 7.98. The minimum atomic E-state index is -0.230. The van der Waals surface area contributed by atoms with Crippen molar-refractivity contribution in [3.63, 3.8) is 0 Å². The summed E-state index contributed by atoms with van der Waals surface area (Å²) in [6.45, 7) is 5.17. The van der Waals surface area contributed by atoms with Crippen LogP contribution >= 0.6 is 23.2 Å². The molecular formula is C21H25Cl2N3O2. The van der Waals surface area contributed by atoms with Crippen molar-refractivity contribution in [2.24, 2.45) is 0 Å². The topological polar surface area (TPSA) is 53.6 Å². The number of morpholine rings is 1. The predicted molar refractivity (Wildman–Crippen MR) is 115 cm³/mol. The number of carbonyl (C=O) groups excluding carboxylic acids is 1. The number of urea groups is 1. The van der Waals surface area contributed by atoms with E-state index in [0.717, 1.165) is 50.5 Å². The van der Waals surface area contributed by atoms with Crippen molar-refractivity contribution in [3.8, 4) is 0 Å². The highest BCUT2D eigenvalue weighted by atomic mass is 35.5. The predicted octanol–water partition coefficient (Wildman–Crippen LogP) is 4.23. The summed E-state index contributed by atoms with van der Waals surface area (Å²) in [5.74, 6) is 0. The lowest BCUT2D eigenvalue weighted by Gasteiger charge is -2.26. The first-order valence-electron chi connectivity index (χ1n) is 9.48. The lowest BCUT2D eigenvalue weighted by Crippen LogP contribution is -2.37. The van der Waals surface area contributed by atoms with Crippen LogP contribution in [0.5, 0.6) is 0 Å². The molecule has 1 saturated heterocycles. The molecule has 0 aromatic heterocycles. The van der Waals surface area contributed by atoms with Gasteiger partial charge in [-0.1, -0.05) is 41.4 Å². The highest BCUT2D eigenvalue weighted by Gasteiger charge is 2.10. The molecule has 0 bridgehead atoms. The normalized spacial score (nSPS) is 14.6. The Labute approximate surface area is 176 Å². The lowest BCUT2D eigenvalue weighted by molar-refractivity contribution is 0.0384. The van der Waals surface area contributed by atoms with Crippen molar-refractivity contribution in [2.45, 2.75) is 12.8 Å². The van der Waals surface area contributed by atoms with E-state index in [1.54, 1.807) is 12.1 Å². The molecule has 150 valence electrons. The number of anilines is 1. The van der Waals surface area contributed by atoms with Gasteiger partial charge in [-0.05, 0) is 48.2 Å². The molecule has 1 heterocycles.